The Hall–Kier alpha value is -1.66. The van der Waals surface area contributed by atoms with Gasteiger partial charge in [-0.1, -0.05) is 23.4 Å². The van der Waals surface area contributed by atoms with Crippen LogP contribution in [0.3, 0.4) is 0 Å². The van der Waals surface area contributed by atoms with E-state index >= 15 is 0 Å². The molecule has 2 aliphatic heterocycles. The quantitative estimate of drug-likeness (QED) is 0.122. The molecule has 13 nitrogen and oxygen atoms in total. The summed E-state index contributed by atoms with van der Waals surface area (Å²) in [5.41, 5.74) is 7.13. The number of anilines is 1. The predicted molar refractivity (Wildman–Crippen MR) is 123 cm³/mol. The number of rotatable bonds is 8. The number of thiazole rings is 1. The van der Waals surface area contributed by atoms with Crippen LogP contribution in [0, 0.1) is 0 Å². The van der Waals surface area contributed by atoms with Crippen LogP contribution in [0.25, 0.3) is 5.57 Å². The molecule has 0 saturated carbocycles. The molecular formula is C17H16ClN8NaO5S3. The Morgan fingerprint density at radius 1 is 1.51 bits per heavy atom. The molecule has 2 amide bonds. The third-order valence-electron chi connectivity index (χ3n) is 4.87. The first-order valence-corrected chi connectivity index (χ1v) is 12.9. The van der Waals surface area contributed by atoms with Crippen LogP contribution in [0.15, 0.2) is 27.3 Å². The minimum absolute atomic E-state index is 0. The van der Waals surface area contributed by atoms with Crippen LogP contribution in [0.4, 0.5) is 5.13 Å². The fraction of sp³-hybridized carbons (Fsp3) is 0.353. The fourth-order valence-corrected chi connectivity index (χ4v) is 6.51. The van der Waals surface area contributed by atoms with Crippen LogP contribution in [0.5, 0.6) is 0 Å². The Morgan fingerprint density at radius 2 is 2.26 bits per heavy atom. The molecule has 0 aliphatic carbocycles. The van der Waals surface area contributed by atoms with Crippen molar-refractivity contribution in [3.63, 3.8) is 0 Å². The number of amides is 2. The summed E-state index contributed by atoms with van der Waals surface area (Å²) in [6.45, 7) is 1.48. The first-order valence-electron chi connectivity index (χ1n) is 9.52. The molecule has 18 heteroatoms. The van der Waals surface area contributed by atoms with E-state index in [4.69, 9.17) is 17.3 Å². The number of carbonyl (C=O) groups is 3. The number of aliphatic hydroxyl groups is 1. The molecule has 2 aromatic rings. The zero-order chi connectivity index (χ0) is 24.6. The van der Waals surface area contributed by atoms with E-state index in [1.165, 1.54) is 23.4 Å². The van der Waals surface area contributed by atoms with E-state index in [0.717, 1.165) is 33.5 Å². The fourth-order valence-electron chi connectivity index (χ4n) is 3.30. The van der Waals surface area contributed by atoms with Gasteiger partial charge in [-0.15, -0.1) is 28.2 Å². The zero-order valence-corrected chi connectivity index (χ0v) is 23.4. The Balaban J connectivity index is 0.00000342. The third-order valence-corrected chi connectivity index (χ3v) is 8.12. The molecule has 2 aromatic heterocycles. The van der Waals surface area contributed by atoms with Gasteiger partial charge in [0.2, 0.25) is 5.16 Å². The molecule has 3 atom stereocenters. The smallest absolute Gasteiger partial charge is 0.543 e. The summed E-state index contributed by atoms with van der Waals surface area (Å²) in [7, 11) is 0. The Morgan fingerprint density at radius 3 is 2.86 bits per heavy atom. The van der Waals surface area contributed by atoms with Crippen LogP contribution in [0.1, 0.15) is 18.8 Å². The van der Waals surface area contributed by atoms with Crippen molar-refractivity contribution >= 4 is 74.9 Å². The van der Waals surface area contributed by atoms with Gasteiger partial charge in [-0.05, 0) is 22.9 Å². The van der Waals surface area contributed by atoms with E-state index in [1.54, 1.807) is 5.38 Å². The van der Waals surface area contributed by atoms with Gasteiger partial charge < -0.3 is 26.1 Å². The van der Waals surface area contributed by atoms with Crippen molar-refractivity contribution in [1.82, 2.24) is 35.4 Å². The molecular weight excluding hydrogens is 551 g/mol. The second-order valence-corrected chi connectivity index (χ2v) is 10.2. The number of carboxylic acids is 1. The maximum atomic E-state index is 12.8. The van der Waals surface area contributed by atoms with Gasteiger partial charge >= 0.3 is 29.6 Å². The molecule has 4 rings (SSSR count). The van der Waals surface area contributed by atoms with Crippen LogP contribution < -0.4 is 45.7 Å². The molecule has 180 valence electrons. The number of nitrogens with two attached hydrogens (primary N) is 1. The number of halogens is 1. The Bertz CT molecular complexity index is 1220. The van der Waals surface area contributed by atoms with Crippen LogP contribution in [-0.2, 0) is 14.4 Å². The molecule has 35 heavy (non-hydrogen) atoms. The number of aliphatic carboxylic acids is 1. The summed E-state index contributed by atoms with van der Waals surface area (Å²) >= 11 is 9.33. The number of carboxylic acid groups (broad SMARTS) is 1. The molecule has 1 saturated heterocycles. The molecule has 0 bridgehead atoms. The molecule has 3 unspecified atom stereocenters. The van der Waals surface area contributed by atoms with Gasteiger partial charge in [-0.3, -0.25) is 14.5 Å². The molecule has 4 heterocycles. The molecule has 1 fully saturated rings. The van der Waals surface area contributed by atoms with Crippen molar-refractivity contribution < 1.29 is 54.2 Å². The summed E-state index contributed by atoms with van der Waals surface area (Å²) < 4.78 is 1.18. The zero-order valence-electron chi connectivity index (χ0n) is 18.2. The minimum atomic E-state index is -1.51. The molecule has 0 spiro atoms. The second kappa shape index (κ2) is 11.6. The number of nitrogens with zero attached hydrogens (tertiary/aromatic N) is 6. The topological polar surface area (TPSA) is 192 Å². The summed E-state index contributed by atoms with van der Waals surface area (Å²) in [5, 5.41) is 36.6. The summed E-state index contributed by atoms with van der Waals surface area (Å²) in [6.07, 6.45) is -0.966. The number of aliphatic hydroxyl groups excluding tert-OH is 1. The van der Waals surface area contributed by atoms with Crippen LogP contribution >= 0.6 is 46.5 Å². The number of nitrogen functional groups attached to an aromatic ring is 1. The summed E-state index contributed by atoms with van der Waals surface area (Å²) in [5.74, 6) is -2.31. The molecule has 0 radical (unpaired) electrons. The third kappa shape index (κ3) is 5.53. The monoisotopic (exact) mass is 566 g/mol. The Labute approximate surface area is 237 Å². The number of fused-ring (bicyclic) bond motifs is 1. The maximum Gasteiger partial charge on any atom is 1.00 e. The van der Waals surface area contributed by atoms with Crippen molar-refractivity contribution in [2.45, 2.75) is 29.7 Å². The Kier molecular flexibility index (Phi) is 9.25. The first-order chi connectivity index (χ1) is 16.2. The average Bonchev–Trinajstić information content (AvgIpc) is 3.44. The van der Waals surface area contributed by atoms with Gasteiger partial charge in [-0.2, -0.15) is 4.68 Å². The van der Waals surface area contributed by atoms with Gasteiger partial charge in [0.1, 0.15) is 17.6 Å². The van der Waals surface area contributed by atoms with Gasteiger partial charge in [0, 0.05) is 22.4 Å². The van der Waals surface area contributed by atoms with E-state index in [2.05, 4.69) is 25.8 Å². The van der Waals surface area contributed by atoms with Gasteiger partial charge in [-0.25, -0.2) is 4.98 Å². The SMILES string of the molecule is CC(O)n1nnnc1SCC1=C(C(=O)[O-])N2C(=O)C(NC(=O)/C(=C/Cl)c3csc(N)n3)C2SC1.[Na+]. The number of hydrogen-bond donors (Lipinski definition) is 3. The number of tetrazole rings is 1. The van der Waals surface area contributed by atoms with Gasteiger partial charge in [0.25, 0.3) is 11.8 Å². The van der Waals surface area contributed by atoms with E-state index in [0.29, 0.717) is 5.57 Å². The van der Waals surface area contributed by atoms with Crippen LogP contribution in [-0.4, -0.2) is 75.9 Å². The molecule has 0 aromatic carbocycles. The largest absolute Gasteiger partial charge is 1.00 e. The first kappa shape index (κ1) is 27.9. The number of nitrogens with one attached hydrogen (secondary N) is 1. The van der Waals surface area contributed by atoms with Crippen LogP contribution in [0.2, 0.25) is 0 Å². The van der Waals surface area contributed by atoms with Crippen molar-refractivity contribution in [1.29, 1.82) is 0 Å². The number of β-lactam (4-membered cyclic amide) rings is 1. The van der Waals surface area contributed by atoms with Gasteiger partial charge in [0.05, 0.1) is 22.9 Å². The van der Waals surface area contributed by atoms with E-state index in [9.17, 15) is 24.6 Å². The van der Waals surface area contributed by atoms with Crippen molar-refractivity contribution in [2.75, 3.05) is 17.2 Å². The summed E-state index contributed by atoms with van der Waals surface area (Å²) in [6, 6.07) is -0.953. The van der Waals surface area contributed by atoms with Crippen molar-refractivity contribution in [3.8, 4) is 0 Å². The van der Waals surface area contributed by atoms with Crippen molar-refractivity contribution in [3.05, 3.63) is 27.9 Å². The van der Waals surface area contributed by atoms with Crippen molar-refractivity contribution in [2.24, 2.45) is 0 Å². The summed E-state index contributed by atoms with van der Waals surface area (Å²) in [4.78, 5) is 42.6. The standard InChI is InChI=1S/C17H17ClN8O5S3.Na/c1-6(27)26-17(22-23-24-26)34-4-7-3-32-14-10(13(29)25(14)11(7)15(30)31)21-12(28)8(2-18)9-5-33-16(19)20-9;/h2,5-6,10,14,27H,3-4H2,1H3,(H2,19,20)(H,21,28)(H,30,31);/q;+1/p-1/b8-2+;. The number of hydrogen-bond acceptors (Lipinski definition) is 13. The molecule has 4 N–H and O–H groups in total. The predicted octanol–water partition coefficient (Wildman–Crippen LogP) is -4.00. The minimum Gasteiger partial charge on any atom is -0.543 e. The number of thioether (sulfide) groups is 2. The van der Waals surface area contributed by atoms with E-state index in [-0.39, 0.29) is 68.3 Å². The van der Waals surface area contributed by atoms with Gasteiger partial charge in [0.15, 0.2) is 5.13 Å². The van der Waals surface area contributed by atoms with E-state index in [1.807, 2.05) is 0 Å². The maximum absolute atomic E-state index is 12.8. The second-order valence-electron chi connectivity index (χ2n) is 7.02. The average molecular weight is 567 g/mol. The molecule has 2 aliphatic rings. The number of aromatic nitrogens is 5. The van der Waals surface area contributed by atoms with E-state index < -0.39 is 35.4 Å². The normalized spacial score (nSPS) is 20.6. The number of carbonyl (C=O) groups excluding carboxylic acids is 3.